The van der Waals surface area contributed by atoms with Crippen molar-refractivity contribution < 1.29 is 14.6 Å². The lowest BCUT2D eigenvalue weighted by Crippen LogP contribution is -2.44. The van der Waals surface area contributed by atoms with Gasteiger partial charge in [-0.1, -0.05) is 0 Å². The molecule has 0 radical (unpaired) electrons. The van der Waals surface area contributed by atoms with Crippen LogP contribution in [0, 0.1) is 5.92 Å². The van der Waals surface area contributed by atoms with Crippen molar-refractivity contribution in [3.8, 4) is 0 Å². The molecule has 0 aromatic carbocycles. The molecule has 1 amide bonds. The predicted molar refractivity (Wildman–Crippen MR) is 92.9 cm³/mol. The molecule has 0 bridgehead atoms. The first kappa shape index (κ1) is 16.1. The quantitative estimate of drug-likeness (QED) is 0.768. The van der Waals surface area contributed by atoms with Crippen molar-refractivity contribution in [2.45, 2.75) is 31.2 Å². The molecule has 3 atom stereocenters. The van der Waals surface area contributed by atoms with Gasteiger partial charge in [0.15, 0.2) is 0 Å². The fourth-order valence-electron chi connectivity index (χ4n) is 3.88. The van der Waals surface area contributed by atoms with Gasteiger partial charge in [0.1, 0.15) is 17.8 Å². The van der Waals surface area contributed by atoms with Crippen LogP contribution in [0.4, 0.5) is 10.6 Å². The Balaban J connectivity index is 1.57. The SMILES string of the molecule is COCC1CC1c1c[nH]c2ncnc(N[C@@H]3CCCN(C(=O)O)C3)c12. The second-order valence-electron chi connectivity index (χ2n) is 6.96. The van der Waals surface area contributed by atoms with E-state index in [9.17, 15) is 9.90 Å². The normalized spacial score (nSPS) is 26.0. The van der Waals surface area contributed by atoms with Gasteiger partial charge in [-0.3, -0.25) is 0 Å². The van der Waals surface area contributed by atoms with E-state index in [2.05, 4.69) is 20.3 Å². The van der Waals surface area contributed by atoms with Gasteiger partial charge in [0, 0.05) is 39.0 Å². The third kappa shape index (κ3) is 3.13. The van der Waals surface area contributed by atoms with E-state index in [1.165, 1.54) is 10.5 Å². The molecule has 2 aliphatic rings. The molecule has 1 saturated heterocycles. The molecule has 1 saturated carbocycles. The molecule has 134 valence electrons. The number of amides is 1. The van der Waals surface area contributed by atoms with E-state index in [1.54, 1.807) is 13.4 Å². The Hall–Kier alpha value is -2.35. The number of methoxy groups -OCH3 is 1. The minimum atomic E-state index is -0.859. The number of nitrogens with one attached hydrogen (secondary N) is 2. The van der Waals surface area contributed by atoms with Gasteiger partial charge in [0.2, 0.25) is 0 Å². The van der Waals surface area contributed by atoms with Crippen LogP contribution in [-0.4, -0.2) is 63.9 Å². The van der Waals surface area contributed by atoms with Crippen LogP contribution in [0.3, 0.4) is 0 Å². The van der Waals surface area contributed by atoms with Crippen molar-refractivity contribution in [2.75, 3.05) is 32.1 Å². The van der Waals surface area contributed by atoms with Crippen LogP contribution in [0.25, 0.3) is 11.0 Å². The summed E-state index contributed by atoms with van der Waals surface area (Å²) < 4.78 is 5.27. The molecule has 2 fully saturated rings. The minimum absolute atomic E-state index is 0.0691. The molecule has 1 aliphatic heterocycles. The zero-order valence-electron chi connectivity index (χ0n) is 14.2. The maximum Gasteiger partial charge on any atom is 0.407 e. The van der Waals surface area contributed by atoms with E-state index in [4.69, 9.17) is 4.74 Å². The number of hydrogen-bond acceptors (Lipinski definition) is 5. The number of rotatable bonds is 5. The fourth-order valence-corrected chi connectivity index (χ4v) is 3.88. The Morgan fingerprint density at radius 2 is 2.40 bits per heavy atom. The monoisotopic (exact) mass is 345 g/mol. The van der Waals surface area contributed by atoms with Gasteiger partial charge < -0.3 is 25.0 Å². The van der Waals surface area contributed by atoms with Gasteiger partial charge >= 0.3 is 6.09 Å². The Labute approximate surface area is 145 Å². The van der Waals surface area contributed by atoms with Crippen LogP contribution in [0.2, 0.25) is 0 Å². The zero-order valence-corrected chi connectivity index (χ0v) is 14.2. The van der Waals surface area contributed by atoms with Crippen molar-refractivity contribution >= 4 is 22.9 Å². The minimum Gasteiger partial charge on any atom is -0.465 e. The summed E-state index contributed by atoms with van der Waals surface area (Å²) in [5.74, 6) is 1.82. The lowest BCUT2D eigenvalue weighted by atomic mass is 10.1. The topological polar surface area (TPSA) is 103 Å². The van der Waals surface area contributed by atoms with E-state index in [-0.39, 0.29) is 6.04 Å². The third-order valence-corrected chi connectivity index (χ3v) is 5.24. The van der Waals surface area contributed by atoms with E-state index < -0.39 is 6.09 Å². The average molecular weight is 345 g/mol. The molecular weight excluding hydrogens is 322 g/mol. The van der Waals surface area contributed by atoms with Gasteiger partial charge in [-0.25, -0.2) is 14.8 Å². The molecule has 8 nitrogen and oxygen atoms in total. The second kappa shape index (κ2) is 6.51. The summed E-state index contributed by atoms with van der Waals surface area (Å²) in [5, 5.41) is 13.7. The van der Waals surface area contributed by atoms with Gasteiger partial charge in [0.25, 0.3) is 0 Å². The molecule has 2 aromatic rings. The number of nitrogens with zero attached hydrogens (tertiary/aromatic N) is 3. The number of likely N-dealkylation sites (tertiary alicyclic amines) is 1. The number of aromatic amines is 1. The van der Waals surface area contributed by atoms with E-state index >= 15 is 0 Å². The second-order valence-corrected chi connectivity index (χ2v) is 6.96. The summed E-state index contributed by atoms with van der Waals surface area (Å²) in [4.78, 5) is 24.7. The molecule has 2 aromatic heterocycles. The molecule has 3 N–H and O–H groups in total. The highest BCUT2D eigenvalue weighted by Crippen LogP contribution is 2.50. The highest BCUT2D eigenvalue weighted by molar-refractivity contribution is 5.91. The first-order valence-electron chi connectivity index (χ1n) is 8.72. The van der Waals surface area contributed by atoms with Crippen molar-refractivity contribution in [3.63, 3.8) is 0 Å². The van der Waals surface area contributed by atoms with Gasteiger partial charge in [0.05, 0.1) is 5.39 Å². The number of carboxylic acid groups (broad SMARTS) is 1. The summed E-state index contributed by atoms with van der Waals surface area (Å²) in [6.07, 6.45) is 5.62. The highest BCUT2D eigenvalue weighted by atomic mass is 16.5. The summed E-state index contributed by atoms with van der Waals surface area (Å²) in [7, 11) is 1.73. The number of anilines is 1. The summed E-state index contributed by atoms with van der Waals surface area (Å²) in [5.41, 5.74) is 2.05. The van der Waals surface area contributed by atoms with E-state index in [0.717, 1.165) is 42.7 Å². The Kier molecular flexibility index (Phi) is 4.20. The van der Waals surface area contributed by atoms with Gasteiger partial charge in [-0.05, 0) is 36.7 Å². The number of aromatic nitrogens is 3. The molecule has 2 unspecified atom stereocenters. The molecule has 0 spiro atoms. The average Bonchev–Trinajstić information content (AvgIpc) is 3.23. The number of hydrogen-bond donors (Lipinski definition) is 3. The van der Waals surface area contributed by atoms with E-state index in [1.807, 2.05) is 6.20 Å². The van der Waals surface area contributed by atoms with E-state index in [0.29, 0.717) is 24.9 Å². The number of piperidine rings is 1. The van der Waals surface area contributed by atoms with Crippen LogP contribution >= 0.6 is 0 Å². The fraction of sp³-hybridized carbons (Fsp3) is 0.588. The Bertz CT molecular complexity index is 777. The van der Waals surface area contributed by atoms with Crippen molar-refractivity contribution in [1.29, 1.82) is 0 Å². The lowest BCUT2D eigenvalue weighted by molar-refractivity contribution is 0.133. The van der Waals surface area contributed by atoms with Crippen molar-refractivity contribution in [3.05, 3.63) is 18.1 Å². The zero-order chi connectivity index (χ0) is 17.4. The molecule has 3 heterocycles. The first-order valence-corrected chi connectivity index (χ1v) is 8.72. The van der Waals surface area contributed by atoms with Crippen LogP contribution in [0.5, 0.6) is 0 Å². The number of fused-ring (bicyclic) bond motifs is 1. The van der Waals surface area contributed by atoms with Crippen LogP contribution < -0.4 is 5.32 Å². The predicted octanol–water partition coefficient (Wildman–Crippen LogP) is 2.26. The number of ether oxygens (including phenoxy) is 1. The third-order valence-electron chi connectivity index (χ3n) is 5.24. The summed E-state index contributed by atoms with van der Waals surface area (Å²) in [6.45, 7) is 1.85. The lowest BCUT2D eigenvalue weighted by Gasteiger charge is -2.31. The molecule has 4 rings (SSSR count). The van der Waals surface area contributed by atoms with Crippen molar-refractivity contribution in [2.24, 2.45) is 5.92 Å². The maximum atomic E-state index is 11.2. The summed E-state index contributed by atoms with van der Waals surface area (Å²) in [6, 6.07) is 0.0691. The Morgan fingerprint density at radius 1 is 1.52 bits per heavy atom. The van der Waals surface area contributed by atoms with Crippen LogP contribution in [0.15, 0.2) is 12.5 Å². The number of H-pyrrole nitrogens is 1. The van der Waals surface area contributed by atoms with Crippen LogP contribution in [0.1, 0.15) is 30.7 Å². The maximum absolute atomic E-state index is 11.2. The molecule has 1 aliphatic carbocycles. The first-order chi connectivity index (χ1) is 12.2. The molecule has 8 heteroatoms. The number of carbonyl (C=O) groups is 1. The van der Waals surface area contributed by atoms with Crippen molar-refractivity contribution in [1.82, 2.24) is 19.9 Å². The Morgan fingerprint density at radius 3 is 3.20 bits per heavy atom. The smallest absolute Gasteiger partial charge is 0.407 e. The van der Waals surface area contributed by atoms with Crippen LogP contribution in [-0.2, 0) is 4.74 Å². The highest BCUT2D eigenvalue weighted by Gasteiger charge is 2.40. The standard InChI is InChI=1S/C17H23N5O3/c1-25-8-10-5-12(10)13-6-18-15-14(13)16(20-9-19-15)21-11-3-2-4-22(7-11)17(23)24/h6,9-12H,2-5,7-8H2,1H3,(H,23,24)(H2,18,19,20,21)/t10?,11-,12?/m1/s1. The van der Waals surface area contributed by atoms with Gasteiger partial charge in [-0.2, -0.15) is 0 Å². The molecule has 25 heavy (non-hydrogen) atoms. The largest absolute Gasteiger partial charge is 0.465 e. The molecular formula is C17H23N5O3. The summed E-state index contributed by atoms with van der Waals surface area (Å²) >= 11 is 0. The van der Waals surface area contributed by atoms with Gasteiger partial charge in [-0.15, -0.1) is 0 Å².